The van der Waals surface area contributed by atoms with Crippen LogP contribution in [-0.4, -0.2) is 82.2 Å². The molecule has 0 unspecified atom stereocenters. The van der Waals surface area contributed by atoms with E-state index < -0.39 is 77.2 Å². The van der Waals surface area contributed by atoms with Crippen LogP contribution >= 0.6 is 0 Å². The molecule has 7 rings (SSSR count). The number of hydrogen-bond donors (Lipinski definition) is 7. The van der Waals surface area contributed by atoms with Crippen LogP contribution in [-0.2, 0) is 40.5 Å². The molecular weight excluding hydrogens is 989 g/mol. The molecule has 24 nitrogen and oxygen atoms in total. The molecule has 0 heterocycles. The number of azo groups is 3. The van der Waals surface area contributed by atoms with Gasteiger partial charge in [0.1, 0.15) is 44.0 Å². The second-order valence-corrected chi connectivity index (χ2v) is 19.8. The topological polar surface area (TPSA) is 389 Å². The summed E-state index contributed by atoms with van der Waals surface area (Å²) in [7, 11) is -17.3. The molecule has 0 aliphatic heterocycles. The van der Waals surface area contributed by atoms with Gasteiger partial charge in [0, 0.05) is 39.5 Å². The zero-order chi connectivity index (χ0) is 50.2. The second kappa shape index (κ2) is 18.7. The third-order valence-corrected chi connectivity index (χ3v) is 13.2. The molecule has 0 amide bonds. The minimum atomic E-state index is -5.07. The van der Waals surface area contributed by atoms with Crippen LogP contribution in [0, 0.1) is 0 Å². The lowest BCUT2D eigenvalue weighted by atomic mass is 10.1. The molecule has 0 saturated heterocycles. The number of hydrogen-bond acceptors (Lipinski definition) is 19. The molecule has 0 aliphatic rings. The summed E-state index contributed by atoms with van der Waals surface area (Å²) in [5, 5.41) is 46.2. The molecule has 7 aromatic carbocycles. The van der Waals surface area contributed by atoms with Crippen molar-refractivity contribution in [1.82, 2.24) is 0 Å². The van der Waals surface area contributed by atoms with Crippen molar-refractivity contribution in [2.45, 2.75) is 19.6 Å². The van der Waals surface area contributed by atoms with Crippen molar-refractivity contribution in [2.75, 3.05) is 20.0 Å². The number of benzene rings is 7. The monoisotopic (exact) mass is 1020 g/mol. The highest BCUT2D eigenvalue weighted by Gasteiger charge is 2.24. The van der Waals surface area contributed by atoms with E-state index in [1.54, 1.807) is 12.1 Å². The van der Waals surface area contributed by atoms with Crippen LogP contribution in [0.15, 0.2) is 164 Å². The summed E-state index contributed by atoms with van der Waals surface area (Å²) in [4.78, 5) is 1.05. The number of aliphatic imine (C=N–C) groups is 1. The van der Waals surface area contributed by atoms with E-state index in [0.29, 0.717) is 29.4 Å². The minimum absolute atomic E-state index is 0.0338. The number of aromatic hydroxyl groups is 1. The van der Waals surface area contributed by atoms with Crippen LogP contribution in [0.25, 0.3) is 21.5 Å². The third kappa shape index (κ3) is 10.8. The molecule has 7 aromatic rings. The lowest BCUT2D eigenvalue weighted by Gasteiger charge is -2.11. The van der Waals surface area contributed by atoms with E-state index in [0.717, 1.165) is 18.2 Å². The Morgan fingerprint density at radius 1 is 0.493 bits per heavy atom. The van der Waals surface area contributed by atoms with Crippen LogP contribution in [0.1, 0.15) is 5.56 Å². The molecule has 0 saturated carbocycles. The van der Waals surface area contributed by atoms with Gasteiger partial charge in [-0.15, -0.1) is 30.7 Å². The number of nitrogen functional groups attached to an aromatic ring is 1. The van der Waals surface area contributed by atoms with Gasteiger partial charge in [-0.1, -0.05) is 6.07 Å². The fourth-order valence-corrected chi connectivity index (χ4v) is 8.72. The lowest BCUT2D eigenvalue weighted by molar-refractivity contribution is 0.405. The van der Waals surface area contributed by atoms with Crippen molar-refractivity contribution in [3.63, 3.8) is 0 Å². The first-order valence-electron chi connectivity index (χ1n) is 18.9. The molecule has 28 heteroatoms. The molecule has 8 N–H and O–H groups in total. The van der Waals surface area contributed by atoms with E-state index in [4.69, 9.17) is 15.2 Å². The summed E-state index contributed by atoms with van der Waals surface area (Å²) in [6.45, 7) is 0. The van der Waals surface area contributed by atoms with Crippen LogP contribution < -0.4 is 15.2 Å². The highest BCUT2D eigenvalue weighted by atomic mass is 32.2. The molecule has 0 aliphatic carbocycles. The van der Waals surface area contributed by atoms with E-state index in [-0.39, 0.29) is 67.4 Å². The number of phenols is 1. The van der Waals surface area contributed by atoms with Gasteiger partial charge in [-0.2, -0.15) is 33.7 Å². The van der Waals surface area contributed by atoms with E-state index in [1.807, 2.05) is 0 Å². The fourth-order valence-electron chi connectivity index (χ4n) is 6.45. The number of nitrogens with two attached hydrogens (primary N) is 1. The Hall–Kier alpha value is -7.83. The van der Waals surface area contributed by atoms with Gasteiger partial charge in [0.2, 0.25) is 5.90 Å². The predicted octanol–water partition coefficient (Wildman–Crippen LogP) is 9.17. The van der Waals surface area contributed by atoms with Gasteiger partial charge in [-0.05, 0) is 96.4 Å². The Kier molecular flexibility index (Phi) is 13.3. The lowest BCUT2D eigenvalue weighted by Crippen LogP contribution is -2.02. The number of rotatable bonds is 14. The maximum atomic E-state index is 12.6. The zero-order valence-electron chi connectivity index (χ0n) is 35.0. The maximum absolute atomic E-state index is 12.6. The van der Waals surface area contributed by atoms with Crippen LogP contribution in [0.2, 0.25) is 0 Å². The van der Waals surface area contributed by atoms with Crippen molar-refractivity contribution >= 4 is 113 Å². The van der Waals surface area contributed by atoms with Gasteiger partial charge >= 0.3 is 0 Å². The average Bonchev–Trinajstić information content (AvgIpc) is 3.28. The first-order chi connectivity index (χ1) is 32.3. The Balaban J connectivity index is 1.26. The van der Waals surface area contributed by atoms with Crippen LogP contribution in [0.4, 0.5) is 45.5 Å². The largest absolute Gasteiger partial charge is 0.505 e. The van der Waals surface area contributed by atoms with Gasteiger partial charge in [-0.3, -0.25) is 18.2 Å². The van der Waals surface area contributed by atoms with E-state index in [1.165, 1.54) is 74.9 Å². The van der Waals surface area contributed by atoms with Gasteiger partial charge in [0.25, 0.3) is 40.5 Å². The Bertz CT molecular complexity index is 3850. The van der Waals surface area contributed by atoms with Crippen molar-refractivity contribution in [1.29, 1.82) is 0 Å². The van der Waals surface area contributed by atoms with Gasteiger partial charge in [0.05, 0.1) is 41.1 Å². The maximum Gasteiger partial charge on any atom is 0.296 e. The molecule has 0 bridgehead atoms. The second-order valence-electron chi connectivity index (χ2n) is 14.2. The quantitative estimate of drug-likeness (QED) is 0.0175. The van der Waals surface area contributed by atoms with Crippen molar-refractivity contribution < 1.29 is 71.6 Å². The van der Waals surface area contributed by atoms with Gasteiger partial charge in [-0.25, -0.2) is 4.99 Å². The number of methoxy groups -OCH3 is 2. The molecule has 0 atom stereocenters. The summed E-state index contributed by atoms with van der Waals surface area (Å²) in [5.41, 5.74) is 4.96. The number of nitrogens with zero attached hydrogens (tertiary/aromatic N) is 7. The summed E-state index contributed by atoms with van der Waals surface area (Å²) in [5.74, 6) is -1.20. The highest BCUT2D eigenvalue weighted by Crippen LogP contribution is 2.46. The average molecular weight is 1020 g/mol. The third-order valence-electron chi connectivity index (χ3n) is 9.73. The van der Waals surface area contributed by atoms with Crippen molar-refractivity contribution in [3.8, 4) is 17.2 Å². The van der Waals surface area contributed by atoms with Crippen LogP contribution in [0.3, 0.4) is 0 Å². The fraction of sp³-hybridized carbons (Fsp3) is 0.0488. The molecule has 356 valence electrons. The van der Waals surface area contributed by atoms with E-state index in [9.17, 15) is 62.1 Å². The van der Waals surface area contributed by atoms with Gasteiger partial charge in [0.15, 0.2) is 5.75 Å². The highest BCUT2D eigenvalue weighted by molar-refractivity contribution is 7.86. The first-order valence-corrected chi connectivity index (χ1v) is 24.7. The van der Waals surface area contributed by atoms with E-state index >= 15 is 0 Å². The molecule has 0 aromatic heterocycles. The Labute approximate surface area is 390 Å². The molecule has 0 fully saturated rings. The smallest absolute Gasteiger partial charge is 0.296 e. The summed E-state index contributed by atoms with van der Waals surface area (Å²) < 4.78 is 147. The van der Waals surface area contributed by atoms with Crippen molar-refractivity contribution in [2.24, 2.45) is 35.7 Å². The normalized spacial score (nSPS) is 13.0. The van der Waals surface area contributed by atoms with E-state index in [2.05, 4.69) is 35.7 Å². The SMILES string of the molecule is COc1cc(N=Nc2ccc(N=Nc3cc(S(=O)(=O)O)ccc3S(=O)(=O)O)c3ccc(S(=O)(=O)O)cc23)c(OC)cc1N=Nc1c(S(=O)(=O)O)cc2cc(N=C(O)c3ccc(N)cc3)ccc2c1O. The number of aliphatic hydroxyl groups is 1. The summed E-state index contributed by atoms with van der Waals surface area (Å²) in [6.07, 6.45) is 0. The zero-order valence-corrected chi connectivity index (χ0v) is 38.3. The number of aliphatic hydroxyl groups excluding tert-OH is 1. The van der Waals surface area contributed by atoms with Crippen LogP contribution in [0.5, 0.6) is 17.2 Å². The van der Waals surface area contributed by atoms with Gasteiger partial charge < -0.3 is 25.4 Å². The number of ether oxygens (including phenoxy) is 2. The first kappa shape index (κ1) is 49.1. The van der Waals surface area contributed by atoms with Crippen molar-refractivity contribution in [3.05, 3.63) is 115 Å². The molecule has 0 radical (unpaired) electrons. The number of anilines is 1. The standard InChI is InChI=1S/C41H32N8O16S4/c1-64-35-20-33(47-49-39-38(69(61,62)63)16-22-15-24(7-10-27(22)40(39)50)43-41(51)21-3-5-23(42)6-4-21)36(65-2)19-32(35)46-45-31-13-12-30(28-11-8-25(17-29(28)31)66(52,53)54)44-48-34-18-26(67(55,56)57)9-14-37(34)68(58,59)60/h3-20,50H,42H2,1-2H3,(H,43,51)(H,52,53,54)(H,55,56,57)(H,58,59,60)(H,61,62,63). The minimum Gasteiger partial charge on any atom is -0.505 e. The molecule has 0 spiro atoms. The summed E-state index contributed by atoms with van der Waals surface area (Å²) >= 11 is 0. The molecule has 69 heavy (non-hydrogen) atoms. The molecular formula is C41H32N8O16S4. The number of phenolic OH excluding ortho intramolecular Hbond substituents is 1. The summed E-state index contributed by atoms with van der Waals surface area (Å²) in [6, 6.07) is 21.6. The number of fused-ring (bicyclic) bond motifs is 2. The predicted molar refractivity (Wildman–Crippen MR) is 247 cm³/mol. The Morgan fingerprint density at radius 3 is 1.57 bits per heavy atom. The Morgan fingerprint density at radius 2 is 1.00 bits per heavy atom.